The van der Waals surface area contributed by atoms with Crippen LogP contribution in [0.3, 0.4) is 0 Å². The molecule has 0 aliphatic rings. The molecule has 0 saturated carbocycles. The Labute approximate surface area is 129 Å². The van der Waals surface area contributed by atoms with Crippen LogP contribution in [0, 0.1) is 6.92 Å². The topological polar surface area (TPSA) is 92.4 Å². The predicted octanol–water partition coefficient (Wildman–Crippen LogP) is 2.92. The average Bonchev–Trinajstić information content (AvgIpc) is 2.80. The number of halogens is 2. The maximum atomic E-state index is 12.0. The van der Waals surface area contributed by atoms with Crippen molar-refractivity contribution in [2.24, 2.45) is 0 Å². The monoisotopic (exact) mass is 328 g/mol. The van der Waals surface area contributed by atoms with Gasteiger partial charge in [0.1, 0.15) is 22.2 Å². The molecule has 2 aromatic heterocycles. The van der Waals surface area contributed by atoms with Gasteiger partial charge in [-0.2, -0.15) is 0 Å². The van der Waals surface area contributed by atoms with Crippen molar-refractivity contribution in [1.82, 2.24) is 10.3 Å². The number of aromatic carboxylic acids is 1. The highest BCUT2D eigenvalue weighted by Crippen LogP contribution is 2.19. The highest BCUT2D eigenvalue weighted by atomic mass is 35.5. The van der Waals surface area contributed by atoms with Gasteiger partial charge in [0.25, 0.3) is 5.91 Å². The standard InChI is InChI=1S/C13H10Cl2N2O4/c1-6-8(13(19)20)2-7(21-6)4-17-12(18)9-3-11(15)16-5-10(9)14/h2-3,5H,4H2,1H3,(H,17,18)(H,19,20). The van der Waals surface area contributed by atoms with E-state index in [1.165, 1.54) is 25.3 Å². The van der Waals surface area contributed by atoms with Gasteiger partial charge in [-0.15, -0.1) is 0 Å². The Hall–Kier alpha value is -2.05. The van der Waals surface area contributed by atoms with Crippen molar-refractivity contribution in [1.29, 1.82) is 0 Å². The number of carboxylic acids is 1. The number of pyridine rings is 1. The number of furan rings is 1. The molecule has 21 heavy (non-hydrogen) atoms. The van der Waals surface area contributed by atoms with Crippen molar-refractivity contribution in [3.8, 4) is 0 Å². The maximum Gasteiger partial charge on any atom is 0.339 e. The van der Waals surface area contributed by atoms with Crippen molar-refractivity contribution < 1.29 is 19.1 Å². The molecule has 0 aliphatic carbocycles. The third kappa shape index (κ3) is 3.53. The molecule has 0 bridgehead atoms. The molecule has 2 rings (SSSR count). The number of aromatic nitrogens is 1. The lowest BCUT2D eigenvalue weighted by atomic mass is 10.2. The van der Waals surface area contributed by atoms with E-state index in [-0.39, 0.29) is 33.6 Å². The van der Waals surface area contributed by atoms with E-state index in [2.05, 4.69) is 10.3 Å². The second kappa shape index (κ2) is 6.15. The Morgan fingerprint density at radius 1 is 1.33 bits per heavy atom. The van der Waals surface area contributed by atoms with E-state index < -0.39 is 11.9 Å². The van der Waals surface area contributed by atoms with Crippen molar-refractivity contribution in [2.75, 3.05) is 0 Å². The first-order valence-corrected chi connectivity index (χ1v) is 6.56. The highest BCUT2D eigenvalue weighted by Gasteiger charge is 2.16. The van der Waals surface area contributed by atoms with Gasteiger partial charge in [-0.3, -0.25) is 4.79 Å². The lowest BCUT2D eigenvalue weighted by molar-refractivity contribution is 0.0694. The van der Waals surface area contributed by atoms with Crippen LogP contribution in [0.1, 0.15) is 32.2 Å². The van der Waals surface area contributed by atoms with E-state index in [0.29, 0.717) is 5.76 Å². The summed E-state index contributed by atoms with van der Waals surface area (Å²) in [5, 5.41) is 11.8. The minimum absolute atomic E-state index is 0.0310. The fourth-order valence-corrected chi connectivity index (χ4v) is 2.04. The molecule has 0 atom stereocenters. The third-order valence-electron chi connectivity index (χ3n) is 2.69. The number of nitrogens with one attached hydrogen (secondary N) is 1. The van der Waals surface area contributed by atoms with Gasteiger partial charge in [0, 0.05) is 6.20 Å². The molecule has 0 unspecified atom stereocenters. The van der Waals surface area contributed by atoms with Gasteiger partial charge in [-0.05, 0) is 19.1 Å². The minimum atomic E-state index is -1.09. The van der Waals surface area contributed by atoms with Crippen LogP contribution in [0.5, 0.6) is 0 Å². The largest absolute Gasteiger partial charge is 0.478 e. The molecular formula is C13H10Cl2N2O4. The zero-order valence-electron chi connectivity index (χ0n) is 10.8. The predicted molar refractivity (Wildman–Crippen MR) is 75.8 cm³/mol. The fourth-order valence-electron chi connectivity index (χ4n) is 1.69. The quantitative estimate of drug-likeness (QED) is 0.842. The number of hydrogen-bond donors (Lipinski definition) is 2. The van der Waals surface area contributed by atoms with Crippen molar-refractivity contribution >= 4 is 35.1 Å². The van der Waals surface area contributed by atoms with Gasteiger partial charge in [0.2, 0.25) is 0 Å². The Bertz CT molecular complexity index is 712. The van der Waals surface area contributed by atoms with E-state index in [4.69, 9.17) is 32.7 Å². The summed E-state index contributed by atoms with van der Waals surface area (Å²) in [6.45, 7) is 1.57. The summed E-state index contributed by atoms with van der Waals surface area (Å²) >= 11 is 11.6. The van der Waals surface area contributed by atoms with Gasteiger partial charge in [-0.25, -0.2) is 9.78 Å². The second-order valence-corrected chi connectivity index (χ2v) is 4.95. The molecule has 0 fully saturated rings. The molecule has 0 aliphatic heterocycles. The molecule has 0 saturated heterocycles. The number of hydrogen-bond acceptors (Lipinski definition) is 4. The number of rotatable bonds is 4. The summed E-state index contributed by atoms with van der Waals surface area (Å²) in [5.74, 6) is -0.945. The number of nitrogens with zero attached hydrogens (tertiary/aromatic N) is 1. The van der Waals surface area contributed by atoms with Crippen LogP contribution in [0.25, 0.3) is 0 Å². The van der Waals surface area contributed by atoms with Crippen LogP contribution in [-0.4, -0.2) is 22.0 Å². The molecule has 2 heterocycles. The summed E-state index contributed by atoms with van der Waals surface area (Å²) in [5.41, 5.74) is 0.239. The van der Waals surface area contributed by atoms with E-state index >= 15 is 0 Å². The molecule has 6 nitrogen and oxygen atoms in total. The highest BCUT2D eigenvalue weighted by molar-refractivity contribution is 6.35. The van der Waals surface area contributed by atoms with Crippen LogP contribution >= 0.6 is 23.2 Å². The van der Waals surface area contributed by atoms with Gasteiger partial charge < -0.3 is 14.8 Å². The van der Waals surface area contributed by atoms with E-state index in [9.17, 15) is 9.59 Å². The fraction of sp³-hybridized carbons (Fsp3) is 0.154. The number of carbonyl (C=O) groups excluding carboxylic acids is 1. The normalized spacial score (nSPS) is 10.4. The lowest BCUT2D eigenvalue weighted by Crippen LogP contribution is -2.23. The molecular weight excluding hydrogens is 319 g/mol. The Morgan fingerprint density at radius 2 is 2.05 bits per heavy atom. The second-order valence-electron chi connectivity index (χ2n) is 4.16. The molecule has 2 aromatic rings. The molecule has 8 heteroatoms. The van der Waals surface area contributed by atoms with Crippen molar-refractivity contribution in [3.05, 3.63) is 51.2 Å². The minimum Gasteiger partial charge on any atom is -0.478 e. The zero-order chi connectivity index (χ0) is 15.6. The summed E-state index contributed by atoms with van der Waals surface area (Å²) in [4.78, 5) is 26.6. The SMILES string of the molecule is Cc1oc(CNC(=O)c2cc(Cl)ncc2Cl)cc1C(=O)O. The summed E-state index contributed by atoms with van der Waals surface area (Å²) in [6, 6.07) is 2.70. The summed E-state index contributed by atoms with van der Waals surface area (Å²) in [7, 11) is 0. The number of carboxylic acid groups (broad SMARTS) is 1. The number of aryl methyl sites for hydroxylation is 1. The lowest BCUT2D eigenvalue weighted by Gasteiger charge is -2.05. The van der Waals surface area contributed by atoms with Gasteiger partial charge in [0.05, 0.1) is 17.1 Å². The Kier molecular flexibility index (Phi) is 4.50. The van der Waals surface area contributed by atoms with E-state index in [0.717, 1.165) is 0 Å². The summed E-state index contributed by atoms with van der Waals surface area (Å²) in [6.07, 6.45) is 1.28. The van der Waals surface area contributed by atoms with Crippen molar-refractivity contribution in [2.45, 2.75) is 13.5 Å². The first-order chi connectivity index (χ1) is 9.88. The Morgan fingerprint density at radius 3 is 2.67 bits per heavy atom. The summed E-state index contributed by atoms with van der Waals surface area (Å²) < 4.78 is 5.25. The first-order valence-electron chi connectivity index (χ1n) is 5.80. The molecule has 0 spiro atoms. The van der Waals surface area contributed by atoms with Crippen LogP contribution in [-0.2, 0) is 6.54 Å². The van der Waals surface area contributed by atoms with E-state index in [1.54, 1.807) is 0 Å². The van der Waals surface area contributed by atoms with Crippen LogP contribution in [0.4, 0.5) is 0 Å². The number of carbonyl (C=O) groups is 2. The smallest absolute Gasteiger partial charge is 0.339 e. The molecule has 0 radical (unpaired) electrons. The molecule has 1 amide bonds. The van der Waals surface area contributed by atoms with Gasteiger partial charge in [-0.1, -0.05) is 23.2 Å². The van der Waals surface area contributed by atoms with Crippen LogP contribution in [0.15, 0.2) is 22.7 Å². The maximum absolute atomic E-state index is 12.0. The number of amides is 1. The van der Waals surface area contributed by atoms with Crippen molar-refractivity contribution in [3.63, 3.8) is 0 Å². The van der Waals surface area contributed by atoms with Gasteiger partial charge >= 0.3 is 5.97 Å². The molecule has 0 aromatic carbocycles. The average molecular weight is 329 g/mol. The molecule has 2 N–H and O–H groups in total. The van der Waals surface area contributed by atoms with Crippen LogP contribution < -0.4 is 5.32 Å². The molecule has 110 valence electrons. The third-order valence-corrected chi connectivity index (χ3v) is 3.20. The Balaban J connectivity index is 2.09. The van der Waals surface area contributed by atoms with Gasteiger partial charge in [0.15, 0.2) is 0 Å². The zero-order valence-corrected chi connectivity index (χ0v) is 12.3. The van der Waals surface area contributed by atoms with Crippen LogP contribution in [0.2, 0.25) is 10.2 Å². The van der Waals surface area contributed by atoms with E-state index in [1.807, 2.05) is 0 Å². The first kappa shape index (κ1) is 15.3.